The van der Waals surface area contributed by atoms with Gasteiger partial charge in [0.1, 0.15) is 5.60 Å². The summed E-state index contributed by atoms with van der Waals surface area (Å²) in [5, 5.41) is 2.74. The number of carbonyl (C=O) groups is 2. The minimum atomic E-state index is -0.584. The largest absolute Gasteiger partial charge is 0.462 e. The summed E-state index contributed by atoms with van der Waals surface area (Å²) in [5.41, 5.74) is 1.47. The highest BCUT2D eigenvalue weighted by molar-refractivity contribution is 5.93. The molecule has 0 saturated carbocycles. The summed E-state index contributed by atoms with van der Waals surface area (Å²) in [4.78, 5) is 26.6. The van der Waals surface area contributed by atoms with Crippen LogP contribution < -0.4 is 5.32 Å². The van der Waals surface area contributed by atoms with Crippen LogP contribution in [0, 0.1) is 0 Å². The van der Waals surface area contributed by atoms with Crippen molar-refractivity contribution in [1.82, 2.24) is 4.90 Å². The summed E-state index contributed by atoms with van der Waals surface area (Å²) < 4.78 is 10.5. The average Bonchev–Trinajstić information content (AvgIpc) is 2.53. The summed E-state index contributed by atoms with van der Waals surface area (Å²) >= 11 is 0. The Labute approximate surface area is 155 Å². The average molecular weight is 362 g/mol. The van der Waals surface area contributed by atoms with Gasteiger partial charge in [0.2, 0.25) is 0 Å². The monoisotopic (exact) mass is 362 g/mol. The van der Waals surface area contributed by atoms with Gasteiger partial charge >= 0.3 is 12.1 Å². The molecular formula is C20H30N2O4. The fourth-order valence-corrected chi connectivity index (χ4v) is 3.06. The molecule has 1 saturated heterocycles. The van der Waals surface area contributed by atoms with E-state index in [0.29, 0.717) is 23.8 Å². The molecule has 0 aromatic heterocycles. The van der Waals surface area contributed by atoms with Gasteiger partial charge in [-0.05, 0) is 90.4 Å². The van der Waals surface area contributed by atoms with Gasteiger partial charge in [-0.15, -0.1) is 0 Å². The minimum Gasteiger partial charge on any atom is -0.462 e. The zero-order chi connectivity index (χ0) is 19.3. The van der Waals surface area contributed by atoms with E-state index in [9.17, 15) is 9.59 Å². The second-order valence-corrected chi connectivity index (χ2v) is 7.77. The van der Waals surface area contributed by atoms with Crippen LogP contribution in [0.15, 0.2) is 18.2 Å². The van der Waals surface area contributed by atoms with Crippen molar-refractivity contribution in [2.45, 2.75) is 52.1 Å². The Morgan fingerprint density at radius 2 is 1.85 bits per heavy atom. The van der Waals surface area contributed by atoms with E-state index in [1.807, 2.05) is 32.9 Å². The third-order valence-electron chi connectivity index (χ3n) is 4.30. The van der Waals surface area contributed by atoms with Crippen LogP contribution in [-0.2, 0) is 9.47 Å². The van der Waals surface area contributed by atoms with E-state index in [0.717, 1.165) is 31.5 Å². The first-order valence-electron chi connectivity index (χ1n) is 9.18. The predicted octanol–water partition coefficient (Wildman–Crippen LogP) is 4.02. The van der Waals surface area contributed by atoms with Gasteiger partial charge in [0.15, 0.2) is 0 Å². The van der Waals surface area contributed by atoms with E-state index >= 15 is 0 Å². The van der Waals surface area contributed by atoms with Crippen molar-refractivity contribution in [3.8, 4) is 0 Å². The van der Waals surface area contributed by atoms with Crippen LogP contribution in [0.25, 0.3) is 0 Å². The van der Waals surface area contributed by atoms with Crippen LogP contribution in [0.1, 0.15) is 62.4 Å². The Morgan fingerprint density at radius 3 is 2.42 bits per heavy atom. The van der Waals surface area contributed by atoms with Crippen molar-refractivity contribution >= 4 is 17.7 Å². The van der Waals surface area contributed by atoms with Gasteiger partial charge in [0.05, 0.1) is 12.2 Å². The van der Waals surface area contributed by atoms with E-state index in [-0.39, 0.29) is 5.97 Å². The molecule has 1 heterocycles. The molecule has 0 atom stereocenters. The number of rotatable bonds is 4. The fraction of sp³-hybridized carbons (Fsp3) is 0.600. The number of carbonyl (C=O) groups excluding carboxylic acids is 2. The molecule has 6 heteroatoms. The van der Waals surface area contributed by atoms with Crippen molar-refractivity contribution in [2.24, 2.45) is 0 Å². The molecule has 1 N–H and O–H groups in total. The van der Waals surface area contributed by atoms with Gasteiger partial charge < -0.3 is 14.4 Å². The maximum absolute atomic E-state index is 12.2. The number of anilines is 1. The first-order chi connectivity index (χ1) is 12.2. The number of piperidine rings is 1. The maximum atomic E-state index is 12.2. The zero-order valence-corrected chi connectivity index (χ0v) is 16.4. The molecule has 144 valence electrons. The second-order valence-electron chi connectivity index (χ2n) is 7.77. The molecule has 26 heavy (non-hydrogen) atoms. The van der Waals surface area contributed by atoms with Gasteiger partial charge in [0, 0.05) is 5.69 Å². The Morgan fingerprint density at radius 1 is 1.19 bits per heavy atom. The van der Waals surface area contributed by atoms with Crippen molar-refractivity contribution < 1.29 is 19.1 Å². The number of likely N-dealkylation sites (tertiary alicyclic amines) is 1. The van der Waals surface area contributed by atoms with Gasteiger partial charge in [-0.25, -0.2) is 9.59 Å². The van der Waals surface area contributed by atoms with Crippen LogP contribution in [0.2, 0.25) is 0 Å². The Hall–Kier alpha value is -2.08. The highest BCUT2D eigenvalue weighted by atomic mass is 16.6. The van der Waals surface area contributed by atoms with Crippen molar-refractivity contribution in [3.63, 3.8) is 0 Å². The highest BCUT2D eigenvalue weighted by Gasteiger charge is 2.22. The van der Waals surface area contributed by atoms with Crippen LogP contribution in [0.5, 0.6) is 0 Å². The number of amides is 1. The standard InChI is InChI=1S/C20H30N2O4/c1-6-25-18(23)16-11-15(14-7-9-22(5)10-8-14)12-17(13-16)21-19(24)26-20(2,3)4/h11-14H,6-10H2,1-5H3,(H,21,24). The van der Waals surface area contributed by atoms with Crippen LogP contribution in [0.3, 0.4) is 0 Å². The van der Waals surface area contributed by atoms with Gasteiger partial charge in [0.25, 0.3) is 0 Å². The molecular weight excluding hydrogens is 332 g/mol. The molecule has 0 aliphatic carbocycles. The molecule has 6 nitrogen and oxygen atoms in total. The summed E-state index contributed by atoms with van der Waals surface area (Å²) in [6.45, 7) is 9.56. The fourth-order valence-electron chi connectivity index (χ4n) is 3.06. The lowest BCUT2D eigenvalue weighted by Crippen LogP contribution is -2.29. The molecule has 0 unspecified atom stereocenters. The smallest absolute Gasteiger partial charge is 0.412 e. The molecule has 1 fully saturated rings. The summed E-state index contributed by atoms with van der Waals surface area (Å²) in [7, 11) is 2.11. The molecule has 1 aromatic rings. The van der Waals surface area contributed by atoms with E-state index in [1.165, 1.54) is 0 Å². The molecule has 1 aromatic carbocycles. The molecule has 0 bridgehead atoms. The van der Waals surface area contributed by atoms with Crippen LogP contribution in [0.4, 0.5) is 10.5 Å². The number of hydrogen-bond acceptors (Lipinski definition) is 5. The number of esters is 1. The normalized spacial score (nSPS) is 16.2. The molecule has 0 radical (unpaired) electrons. The third-order valence-corrected chi connectivity index (χ3v) is 4.30. The van der Waals surface area contributed by atoms with E-state index in [2.05, 4.69) is 17.3 Å². The maximum Gasteiger partial charge on any atom is 0.412 e. The molecule has 0 spiro atoms. The minimum absolute atomic E-state index is 0.312. The quantitative estimate of drug-likeness (QED) is 0.820. The SMILES string of the molecule is CCOC(=O)c1cc(NC(=O)OC(C)(C)C)cc(C2CCN(C)CC2)c1. The van der Waals surface area contributed by atoms with E-state index in [4.69, 9.17) is 9.47 Å². The highest BCUT2D eigenvalue weighted by Crippen LogP contribution is 2.30. The van der Waals surface area contributed by atoms with Gasteiger partial charge in [-0.1, -0.05) is 0 Å². The Kier molecular flexibility index (Phi) is 6.64. The number of nitrogens with zero attached hydrogens (tertiary/aromatic N) is 1. The second kappa shape index (κ2) is 8.54. The third kappa shape index (κ3) is 6.02. The number of nitrogens with one attached hydrogen (secondary N) is 1. The molecule has 1 aliphatic heterocycles. The first kappa shape index (κ1) is 20.2. The topological polar surface area (TPSA) is 67.9 Å². The molecule has 1 aliphatic rings. The molecule has 1 amide bonds. The van der Waals surface area contributed by atoms with E-state index in [1.54, 1.807) is 13.0 Å². The van der Waals surface area contributed by atoms with Crippen molar-refractivity contribution in [3.05, 3.63) is 29.3 Å². The van der Waals surface area contributed by atoms with Crippen molar-refractivity contribution in [2.75, 3.05) is 32.1 Å². The summed E-state index contributed by atoms with van der Waals surface area (Å²) in [5.74, 6) is -0.0192. The van der Waals surface area contributed by atoms with Crippen molar-refractivity contribution in [1.29, 1.82) is 0 Å². The number of benzene rings is 1. The summed E-state index contributed by atoms with van der Waals surface area (Å²) in [6, 6.07) is 5.46. The number of hydrogen-bond donors (Lipinski definition) is 1. The lowest BCUT2D eigenvalue weighted by molar-refractivity contribution is 0.0524. The predicted molar refractivity (Wildman–Crippen MR) is 102 cm³/mol. The first-order valence-corrected chi connectivity index (χ1v) is 9.18. The lowest BCUT2D eigenvalue weighted by Gasteiger charge is -2.29. The number of ether oxygens (including phenoxy) is 2. The van der Waals surface area contributed by atoms with Crippen LogP contribution in [-0.4, -0.2) is 49.3 Å². The van der Waals surface area contributed by atoms with Gasteiger partial charge in [-0.2, -0.15) is 0 Å². The summed E-state index contributed by atoms with van der Waals surface area (Å²) in [6.07, 6.45) is 1.51. The van der Waals surface area contributed by atoms with Crippen LogP contribution >= 0.6 is 0 Å². The van der Waals surface area contributed by atoms with E-state index < -0.39 is 11.7 Å². The Bertz CT molecular complexity index is 644. The lowest BCUT2D eigenvalue weighted by atomic mass is 9.88. The molecule has 2 rings (SSSR count). The zero-order valence-electron chi connectivity index (χ0n) is 16.4. The Balaban J connectivity index is 2.25. The van der Waals surface area contributed by atoms with Gasteiger partial charge in [-0.3, -0.25) is 5.32 Å².